The molecule has 1 aromatic rings. The number of nitrogens with two attached hydrogens (primary N) is 1. The molecule has 0 aliphatic carbocycles. The van der Waals surface area contributed by atoms with Gasteiger partial charge in [0.1, 0.15) is 0 Å². The van der Waals surface area contributed by atoms with E-state index in [1.165, 1.54) is 18.4 Å². The fourth-order valence-electron chi connectivity index (χ4n) is 2.94. The van der Waals surface area contributed by atoms with Crippen LogP contribution in [0.1, 0.15) is 25.3 Å². The predicted molar refractivity (Wildman–Crippen MR) is 91.5 cm³/mol. The van der Waals surface area contributed by atoms with Crippen molar-refractivity contribution < 1.29 is 4.74 Å². The van der Waals surface area contributed by atoms with Crippen LogP contribution in [0.2, 0.25) is 0 Å². The summed E-state index contributed by atoms with van der Waals surface area (Å²) in [5.41, 5.74) is 7.46. The first-order chi connectivity index (χ1) is 10.0. The lowest BCUT2D eigenvalue weighted by molar-refractivity contribution is 0.0379. The van der Waals surface area contributed by atoms with E-state index in [-0.39, 0.29) is 5.54 Å². The summed E-state index contributed by atoms with van der Waals surface area (Å²) in [5.74, 6) is 0.736. The normalized spacial score (nSPS) is 19.7. The standard InChI is InChI=1S/C17H27BrN2O/c1-17(13-19,11-14-3-5-16(18)6-4-14)20(2)12-15-7-9-21-10-8-15/h3-6,15H,7-13,19H2,1-2H3. The fourth-order valence-corrected chi connectivity index (χ4v) is 3.21. The van der Waals surface area contributed by atoms with E-state index in [1.807, 2.05) is 0 Å². The van der Waals surface area contributed by atoms with Crippen LogP contribution in [0.5, 0.6) is 0 Å². The zero-order valence-corrected chi connectivity index (χ0v) is 14.7. The summed E-state index contributed by atoms with van der Waals surface area (Å²) in [6.45, 7) is 5.86. The molecule has 0 bridgehead atoms. The van der Waals surface area contributed by atoms with E-state index in [0.29, 0.717) is 6.54 Å². The van der Waals surface area contributed by atoms with Crippen LogP contribution in [0.3, 0.4) is 0 Å². The Labute approximate surface area is 137 Å². The molecule has 1 saturated heterocycles. The molecule has 1 aliphatic rings. The number of nitrogens with zero attached hydrogens (tertiary/aromatic N) is 1. The molecule has 21 heavy (non-hydrogen) atoms. The van der Waals surface area contributed by atoms with Crippen molar-refractivity contribution in [2.75, 3.05) is 33.4 Å². The lowest BCUT2D eigenvalue weighted by atomic mass is 9.89. The first kappa shape index (κ1) is 16.9. The Morgan fingerprint density at radius 3 is 2.48 bits per heavy atom. The van der Waals surface area contributed by atoms with Crippen molar-refractivity contribution in [2.24, 2.45) is 11.7 Å². The highest BCUT2D eigenvalue weighted by Crippen LogP contribution is 2.24. The third-order valence-corrected chi connectivity index (χ3v) is 5.26. The van der Waals surface area contributed by atoms with Gasteiger partial charge < -0.3 is 10.5 Å². The Hall–Kier alpha value is -0.420. The fraction of sp³-hybridized carbons (Fsp3) is 0.647. The van der Waals surface area contributed by atoms with E-state index in [4.69, 9.17) is 10.5 Å². The second kappa shape index (κ2) is 7.73. The van der Waals surface area contributed by atoms with Gasteiger partial charge in [0, 0.05) is 36.3 Å². The minimum atomic E-state index is 0.00609. The molecule has 3 nitrogen and oxygen atoms in total. The summed E-state index contributed by atoms with van der Waals surface area (Å²) < 4.78 is 6.57. The molecule has 1 aromatic carbocycles. The van der Waals surface area contributed by atoms with Gasteiger partial charge in [-0.2, -0.15) is 0 Å². The summed E-state index contributed by atoms with van der Waals surface area (Å²) in [7, 11) is 2.21. The van der Waals surface area contributed by atoms with Gasteiger partial charge in [-0.1, -0.05) is 28.1 Å². The van der Waals surface area contributed by atoms with E-state index in [2.05, 4.69) is 59.1 Å². The summed E-state index contributed by atoms with van der Waals surface area (Å²) in [6, 6.07) is 8.57. The van der Waals surface area contributed by atoms with Crippen LogP contribution in [-0.2, 0) is 11.2 Å². The van der Waals surface area contributed by atoms with Crippen molar-refractivity contribution in [1.29, 1.82) is 0 Å². The summed E-state index contributed by atoms with van der Waals surface area (Å²) in [4.78, 5) is 2.45. The van der Waals surface area contributed by atoms with E-state index in [0.717, 1.165) is 36.6 Å². The van der Waals surface area contributed by atoms with Crippen LogP contribution in [0.25, 0.3) is 0 Å². The molecule has 1 heterocycles. The van der Waals surface area contributed by atoms with Crippen molar-refractivity contribution >= 4 is 15.9 Å². The molecule has 2 N–H and O–H groups in total. The second-order valence-electron chi connectivity index (χ2n) is 6.44. The van der Waals surface area contributed by atoms with Gasteiger partial charge in [0.25, 0.3) is 0 Å². The Kier molecular flexibility index (Phi) is 6.23. The summed E-state index contributed by atoms with van der Waals surface area (Å²) in [6.07, 6.45) is 3.32. The molecular formula is C17H27BrN2O. The van der Waals surface area contributed by atoms with Crippen molar-refractivity contribution in [3.05, 3.63) is 34.3 Å². The Bertz CT molecular complexity index is 431. The molecule has 1 atom stereocenters. The number of benzene rings is 1. The largest absolute Gasteiger partial charge is 0.381 e. The maximum Gasteiger partial charge on any atom is 0.0469 e. The molecule has 118 valence electrons. The van der Waals surface area contributed by atoms with E-state index < -0.39 is 0 Å². The van der Waals surface area contributed by atoms with Gasteiger partial charge in [0.15, 0.2) is 0 Å². The van der Waals surface area contributed by atoms with Crippen LogP contribution in [0, 0.1) is 5.92 Å². The quantitative estimate of drug-likeness (QED) is 0.852. The topological polar surface area (TPSA) is 38.5 Å². The Morgan fingerprint density at radius 2 is 1.90 bits per heavy atom. The average molecular weight is 355 g/mol. The van der Waals surface area contributed by atoms with Crippen molar-refractivity contribution in [3.8, 4) is 0 Å². The minimum Gasteiger partial charge on any atom is -0.381 e. The average Bonchev–Trinajstić information content (AvgIpc) is 2.50. The van der Waals surface area contributed by atoms with Crippen LogP contribution >= 0.6 is 15.9 Å². The Balaban J connectivity index is 1.99. The predicted octanol–water partition coefficient (Wildman–Crippen LogP) is 3.07. The Morgan fingerprint density at radius 1 is 1.29 bits per heavy atom. The zero-order valence-electron chi connectivity index (χ0n) is 13.1. The second-order valence-corrected chi connectivity index (χ2v) is 7.36. The maximum absolute atomic E-state index is 6.12. The summed E-state index contributed by atoms with van der Waals surface area (Å²) >= 11 is 3.49. The van der Waals surface area contributed by atoms with Crippen LogP contribution in [-0.4, -0.2) is 43.8 Å². The lowest BCUT2D eigenvalue weighted by Crippen LogP contribution is -2.53. The first-order valence-electron chi connectivity index (χ1n) is 7.77. The molecule has 0 radical (unpaired) electrons. The van der Waals surface area contributed by atoms with E-state index in [9.17, 15) is 0 Å². The summed E-state index contributed by atoms with van der Waals surface area (Å²) in [5, 5.41) is 0. The van der Waals surface area contributed by atoms with E-state index in [1.54, 1.807) is 0 Å². The zero-order chi connectivity index (χ0) is 15.3. The van der Waals surface area contributed by atoms with Gasteiger partial charge in [-0.25, -0.2) is 0 Å². The highest BCUT2D eigenvalue weighted by molar-refractivity contribution is 9.10. The van der Waals surface area contributed by atoms with E-state index >= 15 is 0 Å². The third kappa shape index (κ3) is 4.78. The number of hydrogen-bond acceptors (Lipinski definition) is 3. The van der Waals surface area contributed by atoms with Crippen LogP contribution < -0.4 is 5.73 Å². The molecule has 1 fully saturated rings. The highest BCUT2D eigenvalue weighted by atomic mass is 79.9. The van der Waals surface area contributed by atoms with Gasteiger partial charge >= 0.3 is 0 Å². The monoisotopic (exact) mass is 354 g/mol. The molecule has 0 aromatic heterocycles. The smallest absolute Gasteiger partial charge is 0.0469 e. The molecule has 4 heteroatoms. The van der Waals surface area contributed by atoms with Gasteiger partial charge in [-0.3, -0.25) is 4.90 Å². The van der Waals surface area contributed by atoms with Crippen LogP contribution in [0.4, 0.5) is 0 Å². The number of likely N-dealkylation sites (N-methyl/N-ethyl adjacent to an activating group) is 1. The molecule has 1 aliphatic heterocycles. The molecule has 0 saturated carbocycles. The lowest BCUT2D eigenvalue weighted by Gasteiger charge is -2.41. The molecule has 1 unspecified atom stereocenters. The van der Waals surface area contributed by atoms with Crippen molar-refractivity contribution in [1.82, 2.24) is 4.90 Å². The maximum atomic E-state index is 6.12. The first-order valence-corrected chi connectivity index (χ1v) is 8.56. The van der Waals surface area contributed by atoms with Gasteiger partial charge in [-0.15, -0.1) is 0 Å². The van der Waals surface area contributed by atoms with Crippen molar-refractivity contribution in [3.63, 3.8) is 0 Å². The number of ether oxygens (including phenoxy) is 1. The highest BCUT2D eigenvalue weighted by Gasteiger charge is 2.30. The molecule has 2 rings (SSSR count). The minimum absolute atomic E-state index is 0.00609. The van der Waals surface area contributed by atoms with Gasteiger partial charge in [-0.05, 0) is 56.8 Å². The van der Waals surface area contributed by atoms with Gasteiger partial charge in [0.05, 0.1) is 0 Å². The SMILES string of the molecule is CN(CC1CCOCC1)C(C)(CN)Cc1ccc(Br)cc1. The molecule has 0 spiro atoms. The number of halogens is 1. The number of hydrogen-bond donors (Lipinski definition) is 1. The van der Waals surface area contributed by atoms with Gasteiger partial charge in [0.2, 0.25) is 0 Å². The third-order valence-electron chi connectivity index (χ3n) is 4.73. The molecule has 0 amide bonds. The van der Waals surface area contributed by atoms with Crippen LogP contribution in [0.15, 0.2) is 28.7 Å². The number of rotatable bonds is 6. The van der Waals surface area contributed by atoms with Crippen molar-refractivity contribution in [2.45, 2.75) is 31.7 Å². The molecular weight excluding hydrogens is 328 g/mol.